The lowest BCUT2D eigenvalue weighted by atomic mass is 10.2. The average Bonchev–Trinajstić information content (AvgIpc) is 2.75. The third kappa shape index (κ3) is 3.24. The number of amides is 2. The highest BCUT2D eigenvalue weighted by atomic mass is 79.9. The Labute approximate surface area is 119 Å². The molecule has 1 aromatic rings. The molecule has 0 aromatic carbocycles. The third-order valence-electron chi connectivity index (χ3n) is 2.96. The van der Waals surface area contributed by atoms with Crippen LogP contribution in [0.2, 0.25) is 0 Å². The fraction of sp³-hybridized carbons (Fsp3) is 0.583. The highest BCUT2D eigenvalue weighted by Crippen LogP contribution is 2.22. The molecule has 2 atom stereocenters. The lowest BCUT2D eigenvalue weighted by molar-refractivity contribution is -0.0318. The van der Waals surface area contributed by atoms with Crippen molar-refractivity contribution >= 4 is 33.3 Å². The molecule has 1 N–H and O–H groups in total. The molecule has 0 radical (unpaired) electrons. The van der Waals surface area contributed by atoms with E-state index < -0.39 is 0 Å². The Morgan fingerprint density at radius 1 is 1.67 bits per heavy atom. The van der Waals surface area contributed by atoms with Crippen LogP contribution in [-0.4, -0.2) is 36.2 Å². The number of thiophene rings is 1. The summed E-state index contributed by atoms with van der Waals surface area (Å²) in [6.07, 6.45) is 0.112. The molecule has 1 saturated heterocycles. The Morgan fingerprint density at radius 2 is 2.44 bits per heavy atom. The van der Waals surface area contributed by atoms with E-state index in [-0.39, 0.29) is 18.2 Å². The summed E-state index contributed by atoms with van der Waals surface area (Å²) in [5, 5.41) is 4.96. The molecule has 0 unspecified atom stereocenters. The summed E-state index contributed by atoms with van der Waals surface area (Å²) in [5.74, 6) is 0. The highest BCUT2D eigenvalue weighted by Gasteiger charge is 2.27. The van der Waals surface area contributed by atoms with Crippen LogP contribution in [0.15, 0.2) is 15.9 Å². The number of hydrogen-bond donors (Lipinski definition) is 1. The van der Waals surface area contributed by atoms with Gasteiger partial charge in [0, 0.05) is 15.9 Å². The van der Waals surface area contributed by atoms with E-state index in [0.29, 0.717) is 19.7 Å². The zero-order chi connectivity index (χ0) is 13.1. The topological polar surface area (TPSA) is 41.6 Å². The maximum Gasteiger partial charge on any atom is 0.318 e. The maximum absolute atomic E-state index is 12.1. The minimum Gasteiger partial charge on any atom is -0.375 e. The number of carbonyl (C=O) groups excluding carboxylic acids is 1. The predicted octanol–water partition coefficient (Wildman–Crippen LogP) is 2.83. The molecule has 18 heavy (non-hydrogen) atoms. The Kier molecular flexibility index (Phi) is 4.64. The van der Waals surface area contributed by atoms with Crippen molar-refractivity contribution in [2.75, 3.05) is 13.2 Å². The van der Waals surface area contributed by atoms with Gasteiger partial charge in [-0.15, -0.1) is 11.3 Å². The normalized spacial score (nSPS) is 24.1. The molecule has 0 aliphatic carbocycles. The molecular formula is C12H17BrN2O2S. The molecular weight excluding hydrogens is 316 g/mol. The number of nitrogens with zero attached hydrogens (tertiary/aromatic N) is 1. The molecule has 1 fully saturated rings. The van der Waals surface area contributed by atoms with E-state index in [1.165, 1.54) is 0 Å². The van der Waals surface area contributed by atoms with Crippen LogP contribution in [0, 0.1) is 0 Å². The van der Waals surface area contributed by atoms with Crippen molar-refractivity contribution in [3.63, 3.8) is 0 Å². The van der Waals surface area contributed by atoms with Gasteiger partial charge in [0.25, 0.3) is 0 Å². The maximum atomic E-state index is 12.1. The number of carbonyl (C=O) groups is 1. The first-order chi connectivity index (χ1) is 8.58. The molecule has 1 aliphatic heterocycles. The Balaban J connectivity index is 1.89. The summed E-state index contributed by atoms with van der Waals surface area (Å²) >= 11 is 5.09. The Morgan fingerprint density at radius 3 is 3.11 bits per heavy atom. The van der Waals surface area contributed by atoms with Gasteiger partial charge in [-0.3, -0.25) is 0 Å². The Hall–Kier alpha value is -0.590. The second-order valence-corrected chi connectivity index (χ2v) is 6.35. The van der Waals surface area contributed by atoms with Crippen molar-refractivity contribution < 1.29 is 9.53 Å². The smallest absolute Gasteiger partial charge is 0.318 e. The number of rotatable bonds is 2. The third-order valence-corrected chi connectivity index (χ3v) is 4.89. The summed E-state index contributed by atoms with van der Waals surface area (Å²) in [4.78, 5) is 15.1. The number of nitrogens with one attached hydrogen (secondary N) is 1. The summed E-state index contributed by atoms with van der Waals surface area (Å²) in [7, 11) is 0. The first kappa shape index (κ1) is 13.8. The molecule has 0 bridgehead atoms. The van der Waals surface area contributed by atoms with E-state index in [4.69, 9.17) is 4.74 Å². The molecule has 100 valence electrons. The lowest BCUT2D eigenvalue weighted by Crippen LogP contribution is -2.53. The Bertz CT molecular complexity index is 424. The van der Waals surface area contributed by atoms with Crippen molar-refractivity contribution in [3.05, 3.63) is 20.8 Å². The van der Waals surface area contributed by atoms with Crippen LogP contribution in [0.1, 0.15) is 18.7 Å². The minimum atomic E-state index is -0.0158. The zero-order valence-corrected chi connectivity index (χ0v) is 12.9. The van der Waals surface area contributed by atoms with E-state index in [2.05, 4.69) is 21.2 Å². The first-order valence-corrected chi connectivity index (χ1v) is 7.63. The molecule has 2 rings (SSSR count). The molecule has 6 heteroatoms. The first-order valence-electron chi connectivity index (χ1n) is 5.96. The van der Waals surface area contributed by atoms with Gasteiger partial charge in [0.15, 0.2) is 0 Å². The molecule has 1 aliphatic rings. The van der Waals surface area contributed by atoms with Crippen LogP contribution in [0.5, 0.6) is 0 Å². The number of morpholine rings is 1. The zero-order valence-electron chi connectivity index (χ0n) is 10.5. The van der Waals surface area contributed by atoms with E-state index >= 15 is 0 Å². The van der Waals surface area contributed by atoms with Crippen LogP contribution in [0.25, 0.3) is 0 Å². The van der Waals surface area contributed by atoms with Crippen molar-refractivity contribution in [1.29, 1.82) is 0 Å². The van der Waals surface area contributed by atoms with Crippen molar-refractivity contribution in [3.8, 4) is 0 Å². The van der Waals surface area contributed by atoms with Crippen molar-refractivity contribution in [2.45, 2.75) is 32.5 Å². The van der Waals surface area contributed by atoms with E-state index in [1.54, 1.807) is 11.3 Å². The van der Waals surface area contributed by atoms with Gasteiger partial charge in [-0.2, -0.15) is 0 Å². The van der Waals surface area contributed by atoms with Gasteiger partial charge >= 0.3 is 6.03 Å². The van der Waals surface area contributed by atoms with E-state index in [1.807, 2.05) is 30.2 Å². The van der Waals surface area contributed by atoms with Crippen LogP contribution < -0.4 is 5.32 Å². The number of ether oxygens (including phenoxy) is 1. The van der Waals surface area contributed by atoms with Crippen LogP contribution in [0.3, 0.4) is 0 Å². The summed E-state index contributed by atoms with van der Waals surface area (Å²) in [6.45, 7) is 5.82. The van der Waals surface area contributed by atoms with E-state index in [0.717, 1.165) is 9.35 Å². The van der Waals surface area contributed by atoms with Crippen molar-refractivity contribution in [1.82, 2.24) is 10.2 Å². The molecule has 4 nitrogen and oxygen atoms in total. The number of urea groups is 1. The molecule has 1 aromatic heterocycles. The minimum absolute atomic E-state index is 0.0158. The second kappa shape index (κ2) is 6.04. The molecule has 0 saturated carbocycles. The van der Waals surface area contributed by atoms with Gasteiger partial charge in [0.1, 0.15) is 0 Å². The van der Waals surface area contributed by atoms with Crippen molar-refractivity contribution in [2.24, 2.45) is 0 Å². The molecule has 2 amide bonds. The van der Waals surface area contributed by atoms with Gasteiger partial charge in [-0.05, 0) is 41.2 Å². The largest absolute Gasteiger partial charge is 0.375 e. The van der Waals surface area contributed by atoms with Gasteiger partial charge in [-0.25, -0.2) is 4.79 Å². The molecule has 0 spiro atoms. The summed E-state index contributed by atoms with van der Waals surface area (Å²) in [5.41, 5.74) is 0. The molecule has 2 heterocycles. The van der Waals surface area contributed by atoms with Crippen LogP contribution >= 0.6 is 27.3 Å². The van der Waals surface area contributed by atoms with E-state index in [9.17, 15) is 4.79 Å². The lowest BCUT2D eigenvalue weighted by Gasteiger charge is -2.36. The van der Waals surface area contributed by atoms with Gasteiger partial charge < -0.3 is 15.0 Å². The second-order valence-electron chi connectivity index (χ2n) is 4.50. The number of hydrogen-bond acceptors (Lipinski definition) is 3. The number of halogens is 1. The summed E-state index contributed by atoms with van der Waals surface area (Å²) in [6, 6.07) is 2.11. The fourth-order valence-electron chi connectivity index (χ4n) is 1.89. The van der Waals surface area contributed by atoms with Gasteiger partial charge in [0.2, 0.25) is 0 Å². The SMILES string of the molecule is C[C@H]1CN(C(=O)NCc2sccc2Br)[C@@H](C)CO1. The van der Waals surface area contributed by atoms with Crippen LogP contribution in [-0.2, 0) is 11.3 Å². The standard InChI is InChI=1S/C12H17BrN2O2S/c1-8-7-17-9(2)6-15(8)12(16)14-5-11-10(13)3-4-18-11/h3-4,8-9H,5-7H2,1-2H3,(H,14,16)/t8-,9-/m0/s1. The predicted molar refractivity (Wildman–Crippen MR) is 75.8 cm³/mol. The summed E-state index contributed by atoms with van der Waals surface area (Å²) < 4.78 is 6.56. The fourth-order valence-corrected chi connectivity index (χ4v) is 3.33. The highest BCUT2D eigenvalue weighted by molar-refractivity contribution is 9.10. The van der Waals surface area contributed by atoms with Crippen LogP contribution in [0.4, 0.5) is 4.79 Å². The van der Waals surface area contributed by atoms with Gasteiger partial charge in [0.05, 0.1) is 25.3 Å². The monoisotopic (exact) mass is 332 g/mol. The quantitative estimate of drug-likeness (QED) is 0.904. The average molecular weight is 333 g/mol. The van der Waals surface area contributed by atoms with Gasteiger partial charge in [-0.1, -0.05) is 0 Å².